The first-order valence-corrected chi connectivity index (χ1v) is 4.60. The lowest BCUT2D eigenvalue weighted by Crippen LogP contribution is -1.93. The SMILES string of the molecule is CCCC1=C2CCC(C1)C2. The van der Waals surface area contributed by atoms with Crippen LogP contribution in [0.3, 0.4) is 0 Å². The van der Waals surface area contributed by atoms with Crippen molar-refractivity contribution in [3.63, 3.8) is 0 Å². The van der Waals surface area contributed by atoms with Crippen LogP contribution >= 0.6 is 0 Å². The van der Waals surface area contributed by atoms with Gasteiger partial charge in [0.15, 0.2) is 0 Å². The average molecular weight is 136 g/mol. The summed E-state index contributed by atoms with van der Waals surface area (Å²) in [5.41, 5.74) is 3.67. The van der Waals surface area contributed by atoms with Gasteiger partial charge in [0.25, 0.3) is 0 Å². The molecule has 1 fully saturated rings. The van der Waals surface area contributed by atoms with E-state index in [4.69, 9.17) is 0 Å². The van der Waals surface area contributed by atoms with Crippen LogP contribution in [0, 0.1) is 5.92 Å². The van der Waals surface area contributed by atoms with E-state index in [1.54, 1.807) is 0 Å². The van der Waals surface area contributed by atoms with Crippen molar-refractivity contribution in [1.29, 1.82) is 0 Å². The van der Waals surface area contributed by atoms with E-state index in [2.05, 4.69) is 6.92 Å². The van der Waals surface area contributed by atoms with Gasteiger partial charge in [0.2, 0.25) is 0 Å². The van der Waals surface area contributed by atoms with Gasteiger partial charge in [-0.1, -0.05) is 24.5 Å². The molecule has 0 nitrogen and oxygen atoms in total. The first-order valence-electron chi connectivity index (χ1n) is 4.60. The third-order valence-corrected chi connectivity index (χ3v) is 2.98. The first kappa shape index (κ1) is 6.45. The van der Waals surface area contributed by atoms with Gasteiger partial charge in [-0.15, -0.1) is 0 Å². The highest BCUT2D eigenvalue weighted by Gasteiger charge is 2.28. The molecule has 10 heavy (non-hydrogen) atoms. The van der Waals surface area contributed by atoms with Crippen molar-refractivity contribution < 1.29 is 0 Å². The zero-order valence-electron chi connectivity index (χ0n) is 6.82. The molecule has 0 amide bonds. The monoisotopic (exact) mass is 136 g/mol. The van der Waals surface area contributed by atoms with E-state index < -0.39 is 0 Å². The van der Waals surface area contributed by atoms with Gasteiger partial charge in [0.1, 0.15) is 0 Å². The smallest absolute Gasteiger partial charge is 0.0286 e. The van der Waals surface area contributed by atoms with Gasteiger partial charge in [-0.25, -0.2) is 0 Å². The van der Waals surface area contributed by atoms with E-state index >= 15 is 0 Å². The molecule has 0 saturated heterocycles. The maximum atomic E-state index is 2.29. The first-order chi connectivity index (χ1) is 4.90. The van der Waals surface area contributed by atoms with Crippen LogP contribution in [0.2, 0.25) is 0 Å². The molecule has 1 saturated carbocycles. The van der Waals surface area contributed by atoms with Crippen molar-refractivity contribution in [3.8, 4) is 0 Å². The van der Waals surface area contributed by atoms with E-state index in [9.17, 15) is 0 Å². The van der Waals surface area contributed by atoms with Crippen LogP contribution in [-0.2, 0) is 0 Å². The lowest BCUT2D eigenvalue weighted by molar-refractivity contribution is 0.553. The minimum absolute atomic E-state index is 1.08. The fourth-order valence-corrected chi connectivity index (χ4v) is 2.50. The Hall–Kier alpha value is -0.260. The highest BCUT2D eigenvalue weighted by molar-refractivity contribution is 5.25. The fourth-order valence-electron chi connectivity index (χ4n) is 2.50. The van der Waals surface area contributed by atoms with Gasteiger partial charge in [-0.05, 0) is 38.0 Å². The molecule has 0 aliphatic heterocycles. The van der Waals surface area contributed by atoms with Crippen LogP contribution in [0.15, 0.2) is 11.1 Å². The second-order valence-electron chi connectivity index (χ2n) is 3.77. The van der Waals surface area contributed by atoms with Crippen molar-refractivity contribution in [3.05, 3.63) is 11.1 Å². The Labute approximate surface area is 63.3 Å². The molecule has 1 unspecified atom stereocenters. The van der Waals surface area contributed by atoms with Crippen LogP contribution < -0.4 is 0 Å². The number of hydrogen-bond donors (Lipinski definition) is 0. The topological polar surface area (TPSA) is 0 Å². The maximum Gasteiger partial charge on any atom is -0.0286 e. The molecule has 0 heteroatoms. The Balaban J connectivity index is 2.08. The van der Waals surface area contributed by atoms with Crippen molar-refractivity contribution in [1.82, 2.24) is 0 Å². The molecule has 0 aromatic rings. The Morgan fingerprint density at radius 3 is 2.80 bits per heavy atom. The predicted octanol–water partition coefficient (Wildman–Crippen LogP) is 3.29. The van der Waals surface area contributed by atoms with Crippen molar-refractivity contribution in [2.45, 2.75) is 45.4 Å². The molecule has 0 heterocycles. The second kappa shape index (κ2) is 2.41. The van der Waals surface area contributed by atoms with E-state index in [0.29, 0.717) is 0 Å². The number of fused-ring (bicyclic) bond motifs is 2. The second-order valence-corrected chi connectivity index (χ2v) is 3.77. The Kier molecular flexibility index (Phi) is 1.55. The summed E-state index contributed by atoms with van der Waals surface area (Å²) in [7, 11) is 0. The van der Waals surface area contributed by atoms with Gasteiger partial charge in [0, 0.05) is 0 Å². The lowest BCUT2D eigenvalue weighted by Gasteiger charge is -2.09. The summed E-state index contributed by atoms with van der Waals surface area (Å²) in [4.78, 5) is 0. The minimum atomic E-state index is 1.08. The van der Waals surface area contributed by atoms with E-state index in [1.165, 1.54) is 38.5 Å². The summed E-state index contributed by atoms with van der Waals surface area (Å²) in [5.74, 6) is 1.08. The van der Waals surface area contributed by atoms with Crippen molar-refractivity contribution in [2.75, 3.05) is 0 Å². The van der Waals surface area contributed by atoms with Crippen LogP contribution in [0.4, 0.5) is 0 Å². The summed E-state index contributed by atoms with van der Waals surface area (Å²) in [6, 6.07) is 0. The van der Waals surface area contributed by atoms with Gasteiger partial charge in [-0.2, -0.15) is 0 Å². The molecular weight excluding hydrogens is 120 g/mol. The summed E-state index contributed by atoms with van der Waals surface area (Å²) < 4.78 is 0. The quantitative estimate of drug-likeness (QED) is 0.511. The van der Waals surface area contributed by atoms with Gasteiger partial charge in [-0.3, -0.25) is 0 Å². The maximum absolute atomic E-state index is 2.29. The van der Waals surface area contributed by atoms with Gasteiger partial charge < -0.3 is 0 Å². The standard InChI is InChI=1S/C10H16/c1-2-3-9-6-8-4-5-10(9)7-8/h8H,2-7H2,1H3. The summed E-state index contributed by atoms with van der Waals surface area (Å²) >= 11 is 0. The van der Waals surface area contributed by atoms with Gasteiger partial charge in [0.05, 0.1) is 0 Å². The van der Waals surface area contributed by atoms with Crippen molar-refractivity contribution in [2.24, 2.45) is 5.92 Å². The molecule has 56 valence electrons. The zero-order chi connectivity index (χ0) is 6.97. The Bertz CT molecular complexity index is 165. The summed E-state index contributed by atoms with van der Waals surface area (Å²) in [5, 5.41) is 0. The lowest BCUT2D eigenvalue weighted by atomic mass is 9.96. The predicted molar refractivity (Wildman–Crippen MR) is 43.9 cm³/mol. The number of allylic oxidation sites excluding steroid dienone is 2. The molecule has 0 N–H and O–H groups in total. The minimum Gasteiger partial charge on any atom is -0.0707 e. The molecule has 2 aliphatic carbocycles. The summed E-state index contributed by atoms with van der Waals surface area (Å²) in [6.07, 6.45) is 8.62. The van der Waals surface area contributed by atoms with Crippen LogP contribution in [-0.4, -0.2) is 0 Å². The molecule has 2 rings (SSSR count). The van der Waals surface area contributed by atoms with E-state index in [-0.39, 0.29) is 0 Å². The van der Waals surface area contributed by atoms with Crippen molar-refractivity contribution >= 4 is 0 Å². The third kappa shape index (κ3) is 0.902. The third-order valence-electron chi connectivity index (χ3n) is 2.98. The molecule has 0 spiro atoms. The largest absolute Gasteiger partial charge is 0.0707 e. The van der Waals surface area contributed by atoms with E-state index in [0.717, 1.165) is 5.92 Å². The molecule has 0 aromatic heterocycles. The molecule has 1 atom stereocenters. The van der Waals surface area contributed by atoms with E-state index in [1.807, 2.05) is 11.1 Å². The highest BCUT2D eigenvalue weighted by Crippen LogP contribution is 2.45. The Morgan fingerprint density at radius 1 is 1.40 bits per heavy atom. The molecule has 2 bridgehead atoms. The number of rotatable bonds is 2. The molecule has 2 aliphatic rings. The fraction of sp³-hybridized carbons (Fsp3) is 0.800. The average Bonchev–Trinajstić information content (AvgIpc) is 2.48. The van der Waals surface area contributed by atoms with Crippen LogP contribution in [0.25, 0.3) is 0 Å². The van der Waals surface area contributed by atoms with Gasteiger partial charge >= 0.3 is 0 Å². The molecule has 0 aromatic carbocycles. The molecule has 0 radical (unpaired) electrons. The number of hydrogen-bond acceptors (Lipinski definition) is 0. The van der Waals surface area contributed by atoms with Crippen LogP contribution in [0.5, 0.6) is 0 Å². The normalized spacial score (nSPS) is 30.3. The Morgan fingerprint density at radius 2 is 2.30 bits per heavy atom. The van der Waals surface area contributed by atoms with Crippen LogP contribution in [0.1, 0.15) is 45.4 Å². The highest BCUT2D eigenvalue weighted by atomic mass is 14.3. The molecular formula is C10H16. The zero-order valence-corrected chi connectivity index (χ0v) is 6.82. The summed E-state index contributed by atoms with van der Waals surface area (Å²) in [6.45, 7) is 2.29.